The molecule has 0 saturated carbocycles. The van der Waals surface area contributed by atoms with E-state index in [0.29, 0.717) is 35.7 Å². The third kappa shape index (κ3) is 3.23. The Morgan fingerprint density at radius 1 is 1.15 bits per heavy atom. The molecular formula is C19H17N3O4. The molecule has 1 atom stereocenters. The van der Waals surface area contributed by atoms with Crippen LogP contribution in [0.1, 0.15) is 0 Å². The zero-order valence-electron chi connectivity index (χ0n) is 13.9. The molecule has 2 aromatic carbocycles. The highest BCUT2D eigenvalue weighted by Crippen LogP contribution is 2.30. The number of benzene rings is 2. The highest BCUT2D eigenvalue weighted by molar-refractivity contribution is 5.79. The Balaban J connectivity index is 1.41. The second-order valence-corrected chi connectivity index (χ2v) is 5.97. The Labute approximate surface area is 149 Å². The van der Waals surface area contributed by atoms with Gasteiger partial charge in [-0.15, -0.1) is 0 Å². The molecule has 0 aliphatic carbocycles. The van der Waals surface area contributed by atoms with E-state index in [1.165, 1.54) is 10.8 Å². The molecule has 1 aromatic heterocycles. The minimum absolute atomic E-state index is 0.0774. The van der Waals surface area contributed by atoms with Crippen LogP contribution in [0.15, 0.2) is 59.5 Å². The fourth-order valence-corrected chi connectivity index (χ4v) is 2.87. The first-order valence-corrected chi connectivity index (χ1v) is 8.30. The van der Waals surface area contributed by atoms with Gasteiger partial charge in [0.15, 0.2) is 11.5 Å². The summed E-state index contributed by atoms with van der Waals surface area (Å²) in [6.07, 6.45) is 0.949. The van der Waals surface area contributed by atoms with E-state index in [-0.39, 0.29) is 24.1 Å². The standard InChI is InChI=1S/C19H17N3O4/c23-18(11-22-15-6-2-1-5-14(15)20-10-19(22)24)21-9-13-12-25-16-7-3-4-8-17(16)26-13/h1-8,10,13H,9,11-12H2,(H,21,23)/t13-/m1/s1. The van der Waals surface area contributed by atoms with E-state index in [9.17, 15) is 9.59 Å². The number of carbonyl (C=O) groups is 1. The Morgan fingerprint density at radius 3 is 2.81 bits per heavy atom. The molecule has 0 bridgehead atoms. The van der Waals surface area contributed by atoms with Crippen LogP contribution in [0.5, 0.6) is 11.5 Å². The number of hydrogen-bond acceptors (Lipinski definition) is 5. The minimum Gasteiger partial charge on any atom is -0.486 e. The van der Waals surface area contributed by atoms with Crippen LogP contribution in [0.25, 0.3) is 11.0 Å². The van der Waals surface area contributed by atoms with Crippen molar-refractivity contribution in [3.63, 3.8) is 0 Å². The summed E-state index contributed by atoms with van der Waals surface area (Å²) in [5, 5.41) is 2.80. The van der Waals surface area contributed by atoms with Gasteiger partial charge in [-0.3, -0.25) is 14.2 Å². The van der Waals surface area contributed by atoms with Crippen molar-refractivity contribution >= 4 is 16.9 Å². The SMILES string of the molecule is O=C(Cn1c(=O)cnc2ccccc21)NC[C@@H]1COc2ccccc2O1. The Hall–Kier alpha value is -3.35. The second kappa shape index (κ2) is 6.87. The summed E-state index contributed by atoms with van der Waals surface area (Å²) in [6.45, 7) is 0.576. The number of para-hydroxylation sites is 4. The smallest absolute Gasteiger partial charge is 0.269 e. The molecule has 0 unspecified atom stereocenters. The molecule has 1 aliphatic heterocycles. The summed E-state index contributed by atoms with van der Waals surface area (Å²) >= 11 is 0. The van der Waals surface area contributed by atoms with Crippen LogP contribution < -0.4 is 20.3 Å². The number of hydrogen-bond donors (Lipinski definition) is 1. The number of rotatable bonds is 4. The normalized spacial score (nSPS) is 15.6. The molecular weight excluding hydrogens is 334 g/mol. The van der Waals surface area contributed by atoms with Gasteiger partial charge in [0.1, 0.15) is 19.3 Å². The van der Waals surface area contributed by atoms with E-state index in [2.05, 4.69) is 10.3 Å². The number of nitrogens with zero attached hydrogens (tertiary/aromatic N) is 2. The van der Waals surface area contributed by atoms with Crippen LogP contribution in [0.3, 0.4) is 0 Å². The fraction of sp³-hybridized carbons (Fsp3) is 0.211. The number of carbonyl (C=O) groups excluding carboxylic acids is 1. The van der Waals surface area contributed by atoms with Gasteiger partial charge in [0.2, 0.25) is 5.91 Å². The molecule has 132 valence electrons. The first-order valence-electron chi connectivity index (χ1n) is 8.30. The topological polar surface area (TPSA) is 82.5 Å². The summed E-state index contributed by atoms with van der Waals surface area (Å²) in [5.74, 6) is 1.09. The van der Waals surface area contributed by atoms with Crippen molar-refractivity contribution in [3.8, 4) is 11.5 Å². The molecule has 1 N–H and O–H groups in total. The van der Waals surface area contributed by atoms with Crippen LogP contribution in [-0.2, 0) is 11.3 Å². The van der Waals surface area contributed by atoms with Gasteiger partial charge in [-0.05, 0) is 24.3 Å². The summed E-state index contributed by atoms with van der Waals surface area (Å²) < 4.78 is 12.8. The monoisotopic (exact) mass is 351 g/mol. The minimum atomic E-state index is -0.315. The first-order chi connectivity index (χ1) is 12.7. The van der Waals surface area contributed by atoms with Gasteiger partial charge in [-0.25, -0.2) is 4.98 Å². The van der Waals surface area contributed by atoms with Crippen molar-refractivity contribution in [3.05, 3.63) is 65.1 Å². The number of ether oxygens (including phenoxy) is 2. The summed E-state index contributed by atoms with van der Waals surface area (Å²) in [7, 11) is 0. The quantitative estimate of drug-likeness (QED) is 0.767. The van der Waals surface area contributed by atoms with Gasteiger partial charge in [0.25, 0.3) is 5.56 Å². The molecule has 26 heavy (non-hydrogen) atoms. The fourth-order valence-electron chi connectivity index (χ4n) is 2.87. The lowest BCUT2D eigenvalue weighted by molar-refractivity contribution is -0.122. The average molecular weight is 351 g/mol. The summed E-state index contributed by atoms with van der Waals surface area (Å²) in [6, 6.07) is 14.6. The van der Waals surface area contributed by atoms with E-state index in [1.54, 1.807) is 12.1 Å². The molecule has 2 heterocycles. The maximum absolute atomic E-state index is 12.3. The Morgan fingerprint density at radius 2 is 1.92 bits per heavy atom. The van der Waals surface area contributed by atoms with Crippen LogP contribution in [0, 0.1) is 0 Å². The van der Waals surface area contributed by atoms with E-state index < -0.39 is 0 Å². The Bertz CT molecular complexity index is 1010. The lowest BCUT2D eigenvalue weighted by Gasteiger charge is -2.26. The number of fused-ring (bicyclic) bond motifs is 2. The molecule has 7 heteroatoms. The maximum atomic E-state index is 12.3. The molecule has 1 aliphatic rings. The maximum Gasteiger partial charge on any atom is 0.269 e. The highest BCUT2D eigenvalue weighted by Gasteiger charge is 2.21. The molecule has 0 fully saturated rings. The van der Waals surface area contributed by atoms with Crippen LogP contribution in [0.4, 0.5) is 0 Å². The summed E-state index contributed by atoms with van der Waals surface area (Å²) in [5.41, 5.74) is 0.979. The van der Waals surface area contributed by atoms with Crippen LogP contribution >= 0.6 is 0 Å². The van der Waals surface area contributed by atoms with Gasteiger partial charge in [0, 0.05) is 0 Å². The number of aromatic nitrogens is 2. The van der Waals surface area contributed by atoms with Crippen molar-refractivity contribution in [1.82, 2.24) is 14.9 Å². The molecule has 4 rings (SSSR count). The van der Waals surface area contributed by atoms with Gasteiger partial charge in [-0.1, -0.05) is 24.3 Å². The molecule has 0 radical (unpaired) electrons. The van der Waals surface area contributed by atoms with Crippen LogP contribution in [-0.4, -0.2) is 34.7 Å². The van der Waals surface area contributed by atoms with E-state index in [0.717, 1.165) is 0 Å². The van der Waals surface area contributed by atoms with Crippen molar-refractivity contribution in [2.75, 3.05) is 13.2 Å². The predicted octanol–water partition coefficient (Wildman–Crippen LogP) is 1.35. The van der Waals surface area contributed by atoms with Gasteiger partial charge >= 0.3 is 0 Å². The molecule has 0 saturated heterocycles. The lowest BCUT2D eigenvalue weighted by Crippen LogP contribution is -2.42. The lowest BCUT2D eigenvalue weighted by atomic mass is 10.2. The van der Waals surface area contributed by atoms with Crippen molar-refractivity contribution in [2.24, 2.45) is 0 Å². The van der Waals surface area contributed by atoms with Gasteiger partial charge in [-0.2, -0.15) is 0 Å². The number of nitrogens with one attached hydrogen (secondary N) is 1. The molecule has 1 amide bonds. The van der Waals surface area contributed by atoms with Crippen LogP contribution in [0.2, 0.25) is 0 Å². The van der Waals surface area contributed by atoms with E-state index in [4.69, 9.17) is 9.47 Å². The van der Waals surface area contributed by atoms with E-state index in [1.807, 2.05) is 36.4 Å². The molecule has 7 nitrogen and oxygen atoms in total. The average Bonchev–Trinajstić information content (AvgIpc) is 2.68. The van der Waals surface area contributed by atoms with Crippen molar-refractivity contribution < 1.29 is 14.3 Å². The highest BCUT2D eigenvalue weighted by atomic mass is 16.6. The number of amides is 1. The first kappa shape index (κ1) is 16.1. The zero-order valence-corrected chi connectivity index (χ0v) is 13.9. The largest absolute Gasteiger partial charge is 0.486 e. The summed E-state index contributed by atoms with van der Waals surface area (Å²) in [4.78, 5) is 28.5. The second-order valence-electron chi connectivity index (χ2n) is 5.97. The van der Waals surface area contributed by atoms with Gasteiger partial charge < -0.3 is 14.8 Å². The molecule has 0 spiro atoms. The predicted molar refractivity (Wildman–Crippen MR) is 95.4 cm³/mol. The Kier molecular flexibility index (Phi) is 4.27. The third-order valence-corrected chi connectivity index (χ3v) is 4.15. The zero-order chi connectivity index (χ0) is 17.9. The van der Waals surface area contributed by atoms with Gasteiger partial charge in [0.05, 0.1) is 23.8 Å². The van der Waals surface area contributed by atoms with Crippen molar-refractivity contribution in [2.45, 2.75) is 12.6 Å². The van der Waals surface area contributed by atoms with Crippen molar-refractivity contribution in [1.29, 1.82) is 0 Å². The third-order valence-electron chi connectivity index (χ3n) is 4.15. The molecule has 3 aromatic rings. The van der Waals surface area contributed by atoms with E-state index >= 15 is 0 Å².